The fourth-order valence-corrected chi connectivity index (χ4v) is 4.93. The van der Waals surface area contributed by atoms with Crippen LogP contribution < -0.4 is 0 Å². The summed E-state index contributed by atoms with van der Waals surface area (Å²) in [6, 6.07) is 10.5. The molecule has 1 nitrogen and oxygen atoms in total. The quantitative estimate of drug-likeness (QED) is 0.393. The van der Waals surface area contributed by atoms with E-state index in [-0.39, 0.29) is 10.6 Å². The molecule has 1 aliphatic heterocycles. The SMILES string of the molecule is CSc1ccc(C2CC(C)(Sc3cccc(C(F)(F)F)c3)CCO2)c(F)c1. The van der Waals surface area contributed by atoms with Crippen molar-refractivity contribution in [1.29, 1.82) is 0 Å². The molecule has 2 atom stereocenters. The maximum absolute atomic E-state index is 14.5. The summed E-state index contributed by atoms with van der Waals surface area (Å²) in [6.45, 7) is 2.44. The highest BCUT2D eigenvalue weighted by Crippen LogP contribution is 2.47. The Labute approximate surface area is 164 Å². The lowest BCUT2D eigenvalue weighted by Gasteiger charge is -2.38. The summed E-state index contributed by atoms with van der Waals surface area (Å²) in [5.74, 6) is -0.305. The molecule has 0 N–H and O–H groups in total. The highest BCUT2D eigenvalue weighted by molar-refractivity contribution is 8.00. The Morgan fingerprint density at radius 1 is 1.11 bits per heavy atom. The Morgan fingerprint density at radius 3 is 2.56 bits per heavy atom. The topological polar surface area (TPSA) is 9.23 Å². The second-order valence-corrected chi connectivity index (χ2v) is 9.32. The summed E-state index contributed by atoms with van der Waals surface area (Å²) in [5.41, 5.74) is -0.151. The first kappa shape index (κ1) is 20.6. The summed E-state index contributed by atoms with van der Waals surface area (Å²) in [7, 11) is 0. The van der Waals surface area contributed by atoms with E-state index in [4.69, 9.17) is 4.74 Å². The zero-order valence-electron chi connectivity index (χ0n) is 15.0. The van der Waals surface area contributed by atoms with E-state index in [1.54, 1.807) is 12.1 Å². The normalized spacial score (nSPS) is 23.4. The summed E-state index contributed by atoms with van der Waals surface area (Å²) >= 11 is 2.87. The van der Waals surface area contributed by atoms with Gasteiger partial charge in [0.2, 0.25) is 0 Å². The van der Waals surface area contributed by atoms with Crippen molar-refractivity contribution in [3.8, 4) is 0 Å². The van der Waals surface area contributed by atoms with Crippen LogP contribution in [0, 0.1) is 5.82 Å². The van der Waals surface area contributed by atoms with Crippen LogP contribution in [0.2, 0.25) is 0 Å². The Kier molecular flexibility index (Phi) is 6.13. The molecule has 3 rings (SSSR count). The van der Waals surface area contributed by atoms with Crippen LogP contribution in [0.25, 0.3) is 0 Å². The van der Waals surface area contributed by atoms with Gasteiger partial charge in [0.05, 0.1) is 11.7 Å². The lowest BCUT2D eigenvalue weighted by Crippen LogP contribution is -2.32. The molecule has 1 heterocycles. The predicted molar refractivity (Wildman–Crippen MR) is 102 cm³/mol. The number of hydrogen-bond acceptors (Lipinski definition) is 3. The van der Waals surface area contributed by atoms with Crippen molar-refractivity contribution in [1.82, 2.24) is 0 Å². The molecule has 1 saturated heterocycles. The second kappa shape index (κ2) is 8.05. The molecule has 146 valence electrons. The summed E-state index contributed by atoms with van der Waals surface area (Å²) in [4.78, 5) is 1.40. The minimum absolute atomic E-state index is 0.305. The third-order valence-corrected chi connectivity index (χ3v) is 6.73. The molecule has 0 saturated carbocycles. The van der Waals surface area contributed by atoms with Crippen LogP contribution in [-0.2, 0) is 10.9 Å². The van der Waals surface area contributed by atoms with Gasteiger partial charge >= 0.3 is 6.18 Å². The number of hydrogen-bond donors (Lipinski definition) is 0. The van der Waals surface area contributed by atoms with Crippen molar-refractivity contribution in [3.05, 3.63) is 59.4 Å². The number of rotatable bonds is 4. The molecule has 0 aliphatic carbocycles. The van der Waals surface area contributed by atoms with Gasteiger partial charge in [0, 0.05) is 26.7 Å². The van der Waals surface area contributed by atoms with Crippen molar-refractivity contribution >= 4 is 23.5 Å². The van der Waals surface area contributed by atoms with Crippen LogP contribution in [-0.4, -0.2) is 17.6 Å². The number of alkyl halides is 3. The molecule has 0 aromatic heterocycles. The Balaban J connectivity index is 1.79. The van der Waals surface area contributed by atoms with Gasteiger partial charge in [-0.25, -0.2) is 4.39 Å². The molecular weight excluding hydrogens is 396 g/mol. The third kappa shape index (κ3) is 5.00. The molecule has 0 amide bonds. The van der Waals surface area contributed by atoms with E-state index in [0.29, 0.717) is 29.9 Å². The van der Waals surface area contributed by atoms with Crippen LogP contribution >= 0.6 is 23.5 Å². The molecule has 2 aromatic rings. The molecule has 0 bridgehead atoms. The molecule has 0 spiro atoms. The maximum atomic E-state index is 14.5. The summed E-state index contributed by atoms with van der Waals surface area (Å²) < 4.78 is 58.8. The number of thioether (sulfide) groups is 2. The largest absolute Gasteiger partial charge is 0.416 e. The predicted octanol–water partition coefficient (Wildman–Crippen LogP) is 6.97. The number of benzene rings is 2. The van der Waals surface area contributed by atoms with Gasteiger partial charge in [-0.2, -0.15) is 13.2 Å². The van der Waals surface area contributed by atoms with Crippen molar-refractivity contribution in [2.45, 2.75) is 46.6 Å². The molecule has 0 radical (unpaired) electrons. The average Bonchev–Trinajstić information content (AvgIpc) is 2.60. The van der Waals surface area contributed by atoms with Crippen LogP contribution in [0.5, 0.6) is 0 Å². The van der Waals surface area contributed by atoms with E-state index in [1.165, 1.54) is 41.7 Å². The van der Waals surface area contributed by atoms with Gasteiger partial charge in [0.1, 0.15) is 5.82 Å². The minimum Gasteiger partial charge on any atom is -0.373 e. The molecule has 1 fully saturated rings. The fourth-order valence-electron chi connectivity index (χ4n) is 3.18. The zero-order valence-corrected chi connectivity index (χ0v) is 16.6. The second-order valence-electron chi connectivity index (χ2n) is 6.78. The van der Waals surface area contributed by atoms with Gasteiger partial charge in [-0.3, -0.25) is 0 Å². The van der Waals surface area contributed by atoms with Crippen molar-refractivity contribution in [3.63, 3.8) is 0 Å². The monoisotopic (exact) mass is 416 g/mol. The van der Waals surface area contributed by atoms with Gasteiger partial charge in [0.25, 0.3) is 0 Å². The molecule has 2 unspecified atom stereocenters. The lowest BCUT2D eigenvalue weighted by molar-refractivity contribution is -0.137. The van der Waals surface area contributed by atoms with Crippen molar-refractivity contribution < 1.29 is 22.3 Å². The molecule has 1 aliphatic rings. The fraction of sp³-hybridized carbons (Fsp3) is 0.400. The van der Waals surface area contributed by atoms with Gasteiger partial charge in [-0.15, -0.1) is 23.5 Å². The van der Waals surface area contributed by atoms with E-state index in [9.17, 15) is 17.6 Å². The smallest absolute Gasteiger partial charge is 0.373 e. The Morgan fingerprint density at radius 2 is 1.89 bits per heavy atom. The highest BCUT2D eigenvalue weighted by Gasteiger charge is 2.36. The van der Waals surface area contributed by atoms with Crippen molar-refractivity contribution in [2.24, 2.45) is 0 Å². The van der Waals surface area contributed by atoms with E-state index in [1.807, 2.05) is 19.2 Å². The van der Waals surface area contributed by atoms with E-state index in [0.717, 1.165) is 11.0 Å². The highest BCUT2D eigenvalue weighted by atomic mass is 32.2. The third-order valence-electron chi connectivity index (χ3n) is 4.65. The first-order chi connectivity index (χ1) is 12.7. The van der Waals surface area contributed by atoms with Crippen LogP contribution in [0.3, 0.4) is 0 Å². The van der Waals surface area contributed by atoms with E-state index >= 15 is 0 Å². The molecule has 7 heteroatoms. The van der Waals surface area contributed by atoms with Gasteiger partial charge in [-0.1, -0.05) is 12.1 Å². The summed E-state index contributed by atoms with van der Waals surface area (Å²) in [6.07, 6.45) is -1.66. The minimum atomic E-state index is -4.36. The molecule has 2 aromatic carbocycles. The van der Waals surface area contributed by atoms with Crippen LogP contribution in [0.15, 0.2) is 52.3 Å². The maximum Gasteiger partial charge on any atom is 0.416 e. The first-order valence-electron chi connectivity index (χ1n) is 8.51. The molecule has 27 heavy (non-hydrogen) atoms. The average molecular weight is 417 g/mol. The van der Waals surface area contributed by atoms with Gasteiger partial charge in [0.15, 0.2) is 0 Å². The number of halogens is 4. The summed E-state index contributed by atoms with van der Waals surface area (Å²) in [5, 5.41) is 0. The standard InChI is InChI=1S/C20H20F4OS2/c1-19(27-15-5-3-4-13(10-15)20(22,23)24)8-9-25-18(12-19)16-7-6-14(26-2)11-17(16)21/h3-7,10-11,18H,8-9,12H2,1-2H3. The van der Waals surface area contributed by atoms with Crippen LogP contribution in [0.4, 0.5) is 17.6 Å². The van der Waals surface area contributed by atoms with Crippen LogP contribution in [0.1, 0.15) is 37.0 Å². The Hall–Kier alpha value is -1.18. The Bertz CT molecular complexity index is 809. The molecular formula is C20H20F4OS2. The zero-order chi connectivity index (χ0) is 19.7. The van der Waals surface area contributed by atoms with Crippen molar-refractivity contribution in [2.75, 3.05) is 12.9 Å². The van der Waals surface area contributed by atoms with Gasteiger partial charge < -0.3 is 4.74 Å². The lowest BCUT2D eigenvalue weighted by atomic mass is 9.92. The van der Waals surface area contributed by atoms with Gasteiger partial charge in [-0.05, 0) is 56.4 Å². The first-order valence-corrected chi connectivity index (χ1v) is 10.6. The van der Waals surface area contributed by atoms with E-state index in [2.05, 4.69) is 0 Å². The van der Waals surface area contributed by atoms with E-state index < -0.39 is 17.8 Å². The number of ether oxygens (including phenoxy) is 1.